The molecule has 0 aromatic heterocycles. The standard InChI is InChI=1S/C16H21ClN2O2/c1-15(2)10-6-7-16(15,3)14(8-10)18-13-5-4-11(19(20)21)9-12(13)17/h4-5,9-10,14,18H,6-8H2,1-3H3. The summed E-state index contributed by atoms with van der Waals surface area (Å²) in [6, 6.07) is 5.03. The molecule has 1 N–H and O–H groups in total. The number of nitrogens with one attached hydrogen (secondary N) is 1. The number of nitrogens with zero attached hydrogens (tertiary/aromatic N) is 1. The highest BCUT2D eigenvalue weighted by Crippen LogP contribution is 2.66. The summed E-state index contributed by atoms with van der Waals surface area (Å²) in [7, 11) is 0. The smallest absolute Gasteiger partial charge is 0.271 e. The average molecular weight is 309 g/mol. The Balaban J connectivity index is 1.84. The highest BCUT2D eigenvalue weighted by molar-refractivity contribution is 6.33. The molecular weight excluding hydrogens is 288 g/mol. The summed E-state index contributed by atoms with van der Waals surface area (Å²) in [6.07, 6.45) is 3.68. The van der Waals surface area contributed by atoms with Crippen molar-refractivity contribution in [1.82, 2.24) is 0 Å². The molecule has 0 saturated heterocycles. The quantitative estimate of drug-likeness (QED) is 0.640. The van der Waals surface area contributed by atoms with Crippen molar-refractivity contribution in [1.29, 1.82) is 0 Å². The summed E-state index contributed by atoms with van der Waals surface area (Å²) in [5, 5.41) is 14.7. The molecule has 3 rings (SSSR count). The van der Waals surface area contributed by atoms with Crippen LogP contribution < -0.4 is 5.32 Å². The summed E-state index contributed by atoms with van der Waals surface area (Å²) in [4.78, 5) is 10.4. The van der Waals surface area contributed by atoms with E-state index in [0.717, 1.165) is 18.0 Å². The van der Waals surface area contributed by atoms with Crippen LogP contribution in [0.15, 0.2) is 18.2 Å². The lowest BCUT2D eigenvalue weighted by atomic mass is 9.69. The number of hydrogen-bond donors (Lipinski definition) is 1. The molecule has 1 aromatic carbocycles. The monoisotopic (exact) mass is 308 g/mol. The highest BCUT2D eigenvalue weighted by atomic mass is 35.5. The molecule has 114 valence electrons. The van der Waals surface area contributed by atoms with E-state index < -0.39 is 4.92 Å². The Morgan fingerprint density at radius 1 is 1.38 bits per heavy atom. The van der Waals surface area contributed by atoms with E-state index in [2.05, 4.69) is 26.1 Å². The van der Waals surface area contributed by atoms with Crippen molar-refractivity contribution in [3.63, 3.8) is 0 Å². The maximum Gasteiger partial charge on any atom is 0.271 e. The van der Waals surface area contributed by atoms with Crippen LogP contribution in [0.25, 0.3) is 0 Å². The second kappa shape index (κ2) is 4.60. The number of halogens is 1. The normalized spacial score (nSPS) is 33.1. The van der Waals surface area contributed by atoms with Gasteiger partial charge in [-0.05, 0) is 42.1 Å². The van der Waals surface area contributed by atoms with Crippen LogP contribution >= 0.6 is 11.6 Å². The largest absolute Gasteiger partial charge is 0.381 e. The number of rotatable bonds is 3. The van der Waals surface area contributed by atoms with Crippen LogP contribution in [0.2, 0.25) is 5.02 Å². The molecule has 21 heavy (non-hydrogen) atoms. The molecule has 2 saturated carbocycles. The Labute approximate surface area is 130 Å². The minimum absolute atomic E-state index is 0.0324. The number of non-ortho nitro benzene ring substituents is 1. The molecule has 2 bridgehead atoms. The molecular formula is C16H21ClN2O2. The molecule has 0 aliphatic heterocycles. The van der Waals surface area contributed by atoms with Gasteiger partial charge in [-0.25, -0.2) is 0 Å². The van der Waals surface area contributed by atoms with Crippen LogP contribution in [0.3, 0.4) is 0 Å². The first-order valence-electron chi connectivity index (χ1n) is 7.46. The van der Waals surface area contributed by atoms with Crippen molar-refractivity contribution < 1.29 is 4.92 Å². The average Bonchev–Trinajstić information content (AvgIpc) is 2.74. The van der Waals surface area contributed by atoms with Gasteiger partial charge in [-0.2, -0.15) is 0 Å². The van der Waals surface area contributed by atoms with Gasteiger partial charge in [0.2, 0.25) is 0 Å². The molecule has 2 fully saturated rings. The van der Waals surface area contributed by atoms with Crippen molar-refractivity contribution in [2.45, 2.75) is 46.1 Å². The van der Waals surface area contributed by atoms with E-state index in [9.17, 15) is 10.1 Å². The van der Waals surface area contributed by atoms with E-state index >= 15 is 0 Å². The third kappa shape index (κ3) is 2.03. The third-order valence-electron chi connectivity index (χ3n) is 6.29. The zero-order valence-electron chi connectivity index (χ0n) is 12.6. The van der Waals surface area contributed by atoms with Gasteiger partial charge < -0.3 is 5.32 Å². The maximum atomic E-state index is 10.8. The predicted octanol–water partition coefficient (Wildman–Crippen LogP) is 4.87. The molecule has 3 atom stereocenters. The molecule has 3 unspecified atom stereocenters. The SMILES string of the molecule is CC1(C)C2CCC1(C)C(Nc1ccc([N+](=O)[O-])cc1Cl)C2. The van der Waals surface area contributed by atoms with Gasteiger partial charge in [0.05, 0.1) is 15.6 Å². The van der Waals surface area contributed by atoms with E-state index in [1.165, 1.54) is 25.0 Å². The van der Waals surface area contributed by atoms with Crippen LogP contribution in [0.4, 0.5) is 11.4 Å². The summed E-state index contributed by atoms with van der Waals surface area (Å²) < 4.78 is 0. The first-order chi connectivity index (χ1) is 9.75. The molecule has 2 aliphatic rings. The third-order valence-corrected chi connectivity index (χ3v) is 6.60. The lowest BCUT2D eigenvalue weighted by Crippen LogP contribution is -2.40. The highest BCUT2D eigenvalue weighted by Gasteiger charge is 2.61. The fourth-order valence-corrected chi connectivity index (χ4v) is 4.57. The fraction of sp³-hybridized carbons (Fsp3) is 0.625. The molecule has 1 aromatic rings. The van der Waals surface area contributed by atoms with Crippen LogP contribution in [-0.4, -0.2) is 11.0 Å². The van der Waals surface area contributed by atoms with Gasteiger partial charge in [-0.1, -0.05) is 32.4 Å². The molecule has 0 spiro atoms. The Kier molecular flexibility index (Phi) is 3.21. The van der Waals surface area contributed by atoms with Crippen LogP contribution in [-0.2, 0) is 0 Å². The van der Waals surface area contributed by atoms with E-state index in [-0.39, 0.29) is 11.1 Å². The minimum atomic E-state index is -0.419. The van der Waals surface area contributed by atoms with Gasteiger partial charge >= 0.3 is 0 Å². The number of fused-ring (bicyclic) bond motifs is 2. The zero-order valence-corrected chi connectivity index (χ0v) is 13.4. The van der Waals surface area contributed by atoms with Gasteiger partial charge in [0.1, 0.15) is 0 Å². The van der Waals surface area contributed by atoms with E-state index in [0.29, 0.717) is 16.5 Å². The van der Waals surface area contributed by atoms with Gasteiger partial charge in [0, 0.05) is 18.2 Å². The predicted molar refractivity (Wildman–Crippen MR) is 84.7 cm³/mol. The van der Waals surface area contributed by atoms with Gasteiger partial charge in [0.25, 0.3) is 5.69 Å². The van der Waals surface area contributed by atoms with E-state index in [4.69, 9.17) is 11.6 Å². The van der Waals surface area contributed by atoms with Crippen molar-refractivity contribution in [3.8, 4) is 0 Å². The van der Waals surface area contributed by atoms with E-state index in [1.807, 2.05) is 0 Å². The lowest BCUT2D eigenvalue weighted by Gasteiger charge is -2.40. The van der Waals surface area contributed by atoms with Gasteiger partial charge in [-0.3, -0.25) is 10.1 Å². The summed E-state index contributed by atoms with van der Waals surface area (Å²) in [6.45, 7) is 7.09. The van der Waals surface area contributed by atoms with Gasteiger partial charge in [0.15, 0.2) is 0 Å². The molecule has 0 heterocycles. The van der Waals surface area contributed by atoms with Crippen LogP contribution in [0.5, 0.6) is 0 Å². The van der Waals surface area contributed by atoms with Crippen LogP contribution in [0, 0.1) is 26.9 Å². The zero-order chi connectivity index (χ0) is 15.4. The number of nitro groups is 1. The second-order valence-corrected chi connectivity index (χ2v) is 7.64. The number of nitro benzene ring substituents is 1. The van der Waals surface area contributed by atoms with Crippen molar-refractivity contribution >= 4 is 23.0 Å². The fourth-order valence-electron chi connectivity index (χ4n) is 4.34. The number of hydrogen-bond acceptors (Lipinski definition) is 3. The van der Waals surface area contributed by atoms with Crippen molar-refractivity contribution in [2.24, 2.45) is 16.7 Å². The molecule has 0 radical (unpaired) electrons. The maximum absolute atomic E-state index is 10.8. The second-order valence-electron chi connectivity index (χ2n) is 7.23. The van der Waals surface area contributed by atoms with Crippen molar-refractivity contribution in [3.05, 3.63) is 33.3 Å². The minimum Gasteiger partial charge on any atom is -0.381 e. The molecule has 5 heteroatoms. The Bertz CT molecular complexity index is 602. The Morgan fingerprint density at radius 2 is 2.10 bits per heavy atom. The molecule has 2 aliphatic carbocycles. The summed E-state index contributed by atoms with van der Waals surface area (Å²) in [5.41, 5.74) is 1.42. The molecule has 4 nitrogen and oxygen atoms in total. The van der Waals surface area contributed by atoms with Gasteiger partial charge in [-0.15, -0.1) is 0 Å². The number of anilines is 1. The topological polar surface area (TPSA) is 55.2 Å². The van der Waals surface area contributed by atoms with E-state index in [1.54, 1.807) is 6.07 Å². The first-order valence-corrected chi connectivity index (χ1v) is 7.84. The Hall–Kier alpha value is -1.29. The van der Waals surface area contributed by atoms with Crippen LogP contribution in [0.1, 0.15) is 40.0 Å². The number of benzene rings is 1. The summed E-state index contributed by atoms with van der Waals surface area (Å²) >= 11 is 6.20. The lowest BCUT2D eigenvalue weighted by molar-refractivity contribution is -0.384. The molecule has 0 amide bonds. The summed E-state index contributed by atoms with van der Waals surface area (Å²) in [5.74, 6) is 0.747. The first kappa shape index (κ1) is 14.6. The Morgan fingerprint density at radius 3 is 2.57 bits per heavy atom. The van der Waals surface area contributed by atoms with Crippen molar-refractivity contribution in [2.75, 3.05) is 5.32 Å².